The van der Waals surface area contributed by atoms with Crippen LogP contribution in [0.2, 0.25) is 5.02 Å². The summed E-state index contributed by atoms with van der Waals surface area (Å²) in [5, 5.41) is 8.88. The van der Waals surface area contributed by atoms with Crippen LogP contribution >= 0.6 is 35.2 Å². The number of thiophene rings is 1. The van der Waals surface area contributed by atoms with Gasteiger partial charge >= 0.3 is 0 Å². The number of hydrogen-bond acceptors (Lipinski definition) is 6. The van der Waals surface area contributed by atoms with Crippen molar-refractivity contribution in [2.24, 2.45) is 0 Å². The lowest BCUT2D eigenvalue weighted by Gasteiger charge is -2.28. The number of benzene rings is 1. The van der Waals surface area contributed by atoms with Crippen molar-refractivity contribution in [3.63, 3.8) is 0 Å². The Morgan fingerprint density at radius 3 is 2.70 bits per heavy atom. The van der Waals surface area contributed by atoms with E-state index >= 15 is 0 Å². The molecule has 2 aromatic heterocycles. The first kappa shape index (κ1) is 17.6. The fraction of sp³-hybridized carbons (Fsp3) is 0. The van der Waals surface area contributed by atoms with E-state index in [2.05, 4.69) is 10.5 Å². The summed E-state index contributed by atoms with van der Waals surface area (Å²) in [6.07, 6.45) is 1.38. The van der Waals surface area contributed by atoms with E-state index in [9.17, 15) is 9.59 Å². The molecule has 1 aliphatic rings. The van der Waals surface area contributed by atoms with Gasteiger partial charge < -0.3 is 4.52 Å². The van der Waals surface area contributed by atoms with Crippen LogP contribution in [0.25, 0.3) is 16.7 Å². The van der Waals surface area contributed by atoms with Crippen molar-refractivity contribution in [2.75, 3.05) is 4.90 Å². The number of nitrogens with one attached hydrogen (secondary N) is 1. The van der Waals surface area contributed by atoms with Crippen LogP contribution in [0.5, 0.6) is 0 Å². The molecule has 27 heavy (non-hydrogen) atoms. The minimum Gasteiger partial charge on any atom is -0.355 e. The van der Waals surface area contributed by atoms with E-state index in [0.29, 0.717) is 22.2 Å². The largest absolute Gasteiger partial charge is 0.355 e. The molecule has 1 N–H and O–H groups in total. The lowest BCUT2D eigenvalue weighted by Crippen LogP contribution is -2.54. The molecule has 9 heteroatoms. The van der Waals surface area contributed by atoms with Crippen LogP contribution in [0, 0.1) is 0 Å². The highest BCUT2D eigenvalue weighted by atomic mass is 35.5. The molecule has 1 fully saturated rings. The van der Waals surface area contributed by atoms with Crippen LogP contribution in [0.15, 0.2) is 57.9 Å². The van der Waals surface area contributed by atoms with Gasteiger partial charge in [0.2, 0.25) is 0 Å². The van der Waals surface area contributed by atoms with Gasteiger partial charge in [-0.15, -0.1) is 11.3 Å². The maximum atomic E-state index is 12.9. The van der Waals surface area contributed by atoms with Crippen LogP contribution in [-0.2, 0) is 9.59 Å². The first-order chi connectivity index (χ1) is 13.0. The third kappa shape index (κ3) is 3.42. The van der Waals surface area contributed by atoms with Crippen LogP contribution in [0.4, 0.5) is 5.69 Å². The Balaban J connectivity index is 1.68. The van der Waals surface area contributed by atoms with E-state index in [-0.39, 0.29) is 10.7 Å². The van der Waals surface area contributed by atoms with Crippen LogP contribution in [0.3, 0.4) is 0 Å². The smallest absolute Gasteiger partial charge is 0.270 e. The van der Waals surface area contributed by atoms with E-state index < -0.39 is 11.8 Å². The van der Waals surface area contributed by atoms with Gasteiger partial charge in [-0.25, -0.2) is 0 Å². The number of aromatic nitrogens is 1. The van der Waals surface area contributed by atoms with Gasteiger partial charge in [0.05, 0.1) is 10.6 Å². The van der Waals surface area contributed by atoms with E-state index in [4.69, 9.17) is 28.3 Å². The normalized spacial score (nSPS) is 16.1. The van der Waals surface area contributed by atoms with E-state index in [1.807, 2.05) is 17.5 Å². The second-order valence-corrected chi connectivity index (χ2v) is 7.30. The van der Waals surface area contributed by atoms with Gasteiger partial charge in [-0.2, -0.15) is 0 Å². The first-order valence-electron chi connectivity index (χ1n) is 7.70. The molecular formula is C18H10ClN3O3S2. The summed E-state index contributed by atoms with van der Waals surface area (Å²) < 4.78 is 5.29. The molecule has 0 saturated carbocycles. The number of amides is 2. The highest BCUT2D eigenvalue weighted by molar-refractivity contribution is 7.80. The maximum absolute atomic E-state index is 12.9. The Kier molecular flexibility index (Phi) is 4.61. The first-order valence-corrected chi connectivity index (χ1v) is 9.37. The van der Waals surface area contributed by atoms with E-state index in [1.54, 1.807) is 30.3 Å². The molecule has 0 spiro atoms. The quantitative estimate of drug-likeness (QED) is 0.399. The molecule has 1 saturated heterocycles. The number of halogens is 1. The number of hydrogen-bond donors (Lipinski definition) is 1. The second kappa shape index (κ2) is 7.07. The molecule has 2 amide bonds. The molecule has 6 nitrogen and oxygen atoms in total. The number of anilines is 1. The van der Waals surface area contributed by atoms with Gasteiger partial charge in [0, 0.05) is 11.1 Å². The average molecular weight is 416 g/mol. The van der Waals surface area contributed by atoms with Gasteiger partial charge in [0.1, 0.15) is 11.3 Å². The summed E-state index contributed by atoms with van der Waals surface area (Å²) in [4.78, 5) is 27.3. The Morgan fingerprint density at radius 1 is 1.22 bits per heavy atom. The predicted octanol–water partition coefficient (Wildman–Crippen LogP) is 3.89. The van der Waals surface area contributed by atoms with Gasteiger partial charge in [0.15, 0.2) is 10.9 Å². The third-order valence-corrected chi connectivity index (χ3v) is 5.19. The van der Waals surface area contributed by atoms with Crippen molar-refractivity contribution < 1.29 is 14.1 Å². The molecule has 4 rings (SSSR count). The summed E-state index contributed by atoms with van der Waals surface area (Å²) in [6, 6.07) is 12.0. The molecule has 3 heterocycles. The molecule has 3 aromatic rings. The predicted molar refractivity (Wildman–Crippen MR) is 107 cm³/mol. The topological polar surface area (TPSA) is 75.4 Å². The monoisotopic (exact) mass is 415 g/mol. The molecule has 0 unspecified atom stereocenters. The molecule has 1 aromatic carbocycles. The standard InChI is InChI=1S/C18H10ClN3O3S2/c19-10-3-5-12(6-4-10)22-17(24)13(16(23)20-18(22)26)8-11-9-14(25-21-11)15-2-1-7-27-15/h1-9H,(H,20,23,26)/b13-8+. The van der Waals surface area contributed by atoms with Crippen LogP contribution < -0.4 is 10.2 Å². The number of rotatable bonds is 3. The highest BCUT2D eigenvalue weighted by Gasteiger charge is 2.34. The van der Waals surface area contributed by atoms with E-state index in [0.717, 1.165) is 4.88 Å². The molecule has 134 valence electrons. The number of nitrogens with zero attached hydrogens (tertiary/aromatic N) is 2. The molecule has 0 aliphatic carbocycles. The molecule has 0 radical (unpaired) electrons. The van der Waals surface area contributed by atoms with Crippen LogP contribution in [-0.4, -0.2) is 22.1 Å². The van der Waals surface area contributed by atoms with Crippen molar-refractivity contribution in [2.45, 2.75) is 0 Å². The minimum absolute atomic E-state index is 0.00361. The lowest BCUT2D eigenvalue weighted by atomic mass is 10.1. The maximum Gasteiger partial charge on any atom is 0.270 e. The van der Waals surface area contributed by atoms with Crippen molar-refractivity contribution in [3.8, 4) is 10.6 Å². The Hall–Kier alpha value is -2.81. The summed E-state index contributed by atoms with van der Waals surface area (Å²) in [6.45, 7) is 0. The fourth-order valence-electron chi connectivity index (χ4n) is 2.52. The van der Waals surface area contributed by atoms with E-state index in [1.165, 1.54) is 22.3 Å². The average Bonchev–Trinajstić information content (AvgIpc) is 3.31. The summed E-state index contributed by atoms with van der Waals surface area (Å²) in [5.41, 5.74) is 0.769. The Morgan fingerprint density at radius 2 is 2.00 bits per heavy atom. The van der Waals surface area contributed by atoms with Crippen molar-refractivity contribution in [1.29, 1.82) is 0 Å². The number of carbonyl (C=O) groups excluding carboxylic acids is 2. The highest BCUT2D eigenvalue weighted by Crippen LogP contribution is 2.27. The molecular weight excluding hydrogens is 406 g/mol. The molecule has 1 aliphatic heterocycles. The summed E-state index contributed by atoms with van der Waals surface area (Å²) in [5.74, 6) is -0.576. The molecule has 0 bridgehead atoms. The van der Waals surface area contributed by atoms with Gasteiger partial charge in [0.25, 0.3) is 11.8 Å². The Labute approximate surface area is 168 Å². The van der Waals surface area contributed by atoms with Gasteiger partial charge in [-0.3, -0.25) is 19.8 Å². The lowest BCUT2D eigenvalue weighted by molar-refractivity contribution is -0.122. The van der Waals surface area contributed by atoms with Crippen molar-refractivity contribution in [3.05, 3.63) is 64.1 Å². The van der Waals surface area contributed by atoms with Crippen LogP contribution in [0.1, 0.15) is 5.69 Å². The van der Waals surface area contributed by atoms with Gasteiger partial charge in [-0.05, 0) is 54.0 Å². The summed E-state index contributed by atoms with van der Waals surface area (Å²) in [7, 11) is 0. The Bertz CT molecular complexity index is 1070. The van der Waals surface area contributed by atoms with Gasteiger partial charge in [-0.1, -0.05) is 22.8 Å². The molecule has 0 atom stereocenters. The third-order valence-electron chi connectivity index (χ3n) is 3.77. The fourth-order valence-corrected chi connectivity index (χ4v) is 3.60. The zero-order valence-corrected chi connectivity index (χ0v) is 15.9. The SMILES string of the molecule is O=C1NC(=S)N(c2ccc(Cl)cc2)C(=O)/C1=C/c1cc(-c2cccs2)on1. The number of thiocarbonyl (C=S) groups is 1. The minimum atomic E-state index is -0.587. The van der Waals surface area contributed by atoms with Crippen molar-refractivity contribution >= 4 is 63.8 Å². The van der Waals surface area contributed by atoms with Crippen molar-refractivity contribution in [1.82, 2.24) is 10.5 Å². The second-order valence-electron chi connectivity index (χ2n) is 5.53. The zero-order chi connectivity index (χ0) is 19.0. The zero-order valence-electron chi connectivity index (χ0n) is 13.5. The summed E-state index contributed by atoms with van der Waals surface area (Å²) >= 11 is 12.5. The number of carbonyl (C=O) groups is 2.